The second-order valence-electron chi connectivity index (χ2n) is 14.1. The molecule has 1 aromatic carbocycles. The van der Waals surface area contributed by atoms with Crippen LogP contribution in [0.15, 0.2) is 24.3 Å². The highest BCUT2D eigenvalue weighted by Crippen LogP contribution is 2.34. The second kappa shape index (κ2) is 17.5. The van der Waals surface area contributed by atoms with E-state index in [-0.39, 0.29) is 59.6 Å². The van der Waals surface area contributed by atoms with Gasteiger partial charge in [0, 0.05) is 0 Å². The van der Waals surface area contributed by atoms with Crippen LogP contribution in [0.1, 0.15) is 128 Å². The van der Waals surface area contributed by atoms with Crippen molar-refractivity contribution in [3.8, 4) is 0 Å². The molecule has 0 heterocycles. The third-order valence-electron chi connectivity index (χ3n) is 7.03. The lowest BCUT2D eigenvalue weighted by atomic mass is 9.76. The van der Waals surface area contributed by atoms with Crippen LogP contribution in [0.5, 0.6) is 0 Å². The molecule has 0 aromatic heterocycles. The summed E-state index contributed by atoms with van der Waals surface area (Å²) in [5.74, 6) is -1.34. The van der Waals surface area contributed by atoms with Crippen LogP contribution in [-0.4, -0.2) is 48.9 Å². The van der Waals surface area contributed by atoms with E-state index in [9.17, 15) is 19.5 Å². The zero-order valence-electron chi connectivity index (χ0n) is 27.1. The van der Waals surface area contributed by atoms with Crippen LogP contribution in [0.4, 0.5) is 0 Å². The van der Waals surface area contributed by atoms with Crippen molar-refractivity contribution in [2.75, 3.05) is 19.8 Å². The number of benzene rings is 1. The summed E-state index contributed by atoms with van der Waals surface area (Å²) in [6, 6.07) is 6.27. The summed E-state index contributed by atoms with van der Waals surface area (Å²) in [6.07, 6.45) is 5.13. The molecule has 0 spiro atoms. The topological polar surface area (TPSA) is 99.1 Å². The number of hydrogen-bond acceptors (Lipinski definition) is 7. The van der Waals surface area contributed by atoms with E-state index in [4.69, 9.17) is 14.2 Å². The van der Waals surface area contributed by atoms with Gasteiger partial charge in [-0.3, -0.25) is 4.79 Å². The van der Waals surface area contributed by atoms with Crippen molar-refractivity contribution in [3.63, 3.8) is 0 Å². The van der Waals surface area contributed by atoms with Gasteiger partial charge < -0.3 is 19.3 Å². The Balaban J connectivity index is 2.72. The largest absolute Gasteiger partial charge is 0.463 e. The van der Waals surface area contributed by atoms with Gasteiger partial charge in [-0.15, -0.1) is 0 Å². The number of rotatable bonds is 17. The number of aliphatic hydroxyl groups excluding tert-OH is 1. The van der Waals surface area contributed by atoms with Crippen molar-refractivity contribution in [3.05, 3.63) is 35.4 Å². The fraction of sp³-hybridized carbons (Fsp3) is 0.735. The van der Waals surface area contributed by atoms with Crippen LogP contribution < -0.4 is 0 Å². The average molecular weight is 577 g/mol. The molecule has 4 atom stereocenters. The molecule has 0 aliphatic heterocycles. The predicted molar refractivity (Wildman–Crippen MR) is 163 cm³/mol. The minimum atomic E-state index is -1.19. The summed E-state index contributed by atoms with van der Waals surface area (Å²) in [4.78, 5) is 38.4. The van der Waals surface area contributed by atoms with Gasteiger partial charge in [0.05, 0.1) is 23.7 Å². The Morgan fingerprint density at radius 1 is 0.780 bits per heavy atom. The van der Waals surface area contributed by atoms with E-state index in [1.807, 2.05) is 0 Å². The zero-order valence-corrected chi connectivity index (χ0v) is 27.1. The number of esters is 3. The molecule has 234 valence electrons. The maximum Gasteiger partial charge on any atom is 0.339 e. The van der Waals surface area contributed by atoms with Gasteiger partial charge in [0.15, 0.2) is 0 Å². The molecule has 7 heteroatoms. The van der Waals surface area contributed by atoms with Crippen molar-refractivity contribution in [2.24, 2.45) is 28.6 Å². The molecular weight excluding hydrogens is 520 g/mol. The molecule has 1 N–H and O–H groups in total. The monoisotopic (exact) mass is 576 g/mol. The van der Waals surface area contributed by atoms with Crippen LogP contribution in [0.3, 0.4) is 0 Å². The van der Waals surface area contributed by atoms with Crippen molar-refractivity contribution in [2.45, 2.75) is 113 Å². The van der Waals surface area contributed by atoms with E-state index < -0.39 is 18.0 Å². The first-order chi connectivity index (χ1) is 19.0. The first-order valence-corrected chi connectivity index (χ1v) is 15.3. The average Bonchev–Trinajstić information content (AvgIpc) is 2.86. The highest BCUT2D eigenvalue weighted by Gasteiger charge is 2.31. The summed E-state index contributed by atoms with van der Waals surface area (Å²) < 4.78 is 16.1. The molecule has 4 unspecified atom stereocenters. The van der Waals surface area contributed by atoms with E-state index in [1.54, 1.807) is 12.1 Å². The number of carbonyl (C=O) groups is 3. The van der Waals surface area contributed by atoms with Gasteiger partial charge in [-0.2, -0.15) is 0 Å². The van der Waals surface area contributed by atoms with E-state index in [2.05, 4.69) is 62.3 Å². The first kappa shape index (κ1) is 36.6. The van der Waals surface area contributed by atoms with E-state index >= 15 is 0 Å². The maximum absolute atomic E-state index is 13.2. The van der Waals surface area contributed by atoms with Gasteiger partial charge >= 0.3 is 17.9 Å². The zero-order chi connectivity index (χ0) is 31.2. The van der Waals surface area contributed by atoms with Gasteiger partial charge in [-0.1, -0.05) is 87.3 Å². The summed E-state index contributed by atoms with van der Waals surface area (Å²) >= 11 is 0. The molecule has 0 bridgehead atoms. The number of carbonyl (C=O) groups excluding carboxylic acids is 3. The van der Waals surface area contributed by atoms with E-state index in [0.29, 0.717) is 5.92 Å². The summed E-state index contributed by atoms with van der Waals surface area (Å²) in [7, 11) is 0. The van der Waals surface area contributed by atoms with E-state index in [1.165, 1.54) is 12.1 Å². The minimum Gasteiger partial charge on any atom is -0.463 e. The Labute approximate surface area is 248 Å². The number of hydrogen-bond donors (Lipinski definition) is 1. The molecule has 41 heavy (non-hydrogen) atoms. The number of ether oxygens (including phenoxy) is 3. The molecule has 0 radical (unpaired) electrons. The molecular formula is C34H56O7. The Bertz CT molecular complexity index is 941. The lowest BCUT2D eigenvalue weighted by molar-refractivity contribution is -0.154. The van der Waals surface area contributed by atoms with Crippen LogP contribution in [-0.2, 0) is 19.0 Å². The third kappa shape index (κ3) is 15.4. The Morgan fingerprint density at radius 2 is 1.32 bits per heavy atom. The summed E-state index contributed by atoms with van der Waals surface area (Å²) in [6.45, 7) is 19.2. The smallest absolute Gasteiger partial charge is 0.339 e. The van der Waals surface area contributed by atoms with Crippen LogP contribution in [0.25, 0.3) is 0 Å². The van der Waals surface area contributed by atoms with Crippen LogP contribution in [0, 0.1) is 28.6 Å². The predicted octanol–water partition coefficient (Wildman–Crippen LogP) is 7.64. The standard InChI is InChI=1S/C34H56O7/c1-10-11-14-19-39-31(37)28-15-12-13-16-29(28)32(38)41-23-26(35)22-40-30(36)27(25(3)21-34(7,8)9)18-17-24(2)20-33(4,5)6/h12-13,15-16,24-27,35H,10-11,14,17-23H2,1-9H3. The third-order valence-corrected chi connectivity index (χ3v) is 7.03. The quantitative estimate of drug-likeness (QED) is 0.116. The Hall–Kier alpha value is -2.41. The van der Waals surface area contributed by atoms with Gasteiger partial charge in [-0.05, 0) is 66.9 Å². The molecule has 1 rings (SSSR count). The fourth-order valence-electron chi connectivity index (χ4n) is 5.37. The van der Waals surface area contributed by atoms with Gasteiger partial charge in [0.25, 0.3) is 0 Å². The van der Waals surface area contributed by atoms with Gasteiger partial charge in [0.1, 0.15) is 19.3 Å². The molecule has 0 saturated carbocycles. The van der Waals surface area contributed by atoms with Crippen LogP contribution >= 0.6 is 0 Å². The lowest BCUT2D eigenvalue weighted by Gasteiger charge is -2.30. The number of aliphatic hydroxyl groups is 1. The number of unbranched alkanes of at least 4 members (excludes halogenated alkanes) is 2. The first-order valence-electron chi connectivity index (χ1n) is 15.3. The van der Waals surface area contributed by atoms with Crippen LogP contribution in [0.2, 0.25) is 0 Å². The summed E-state index contributed by atoms with van der Waals surface area (Å²) in [5.41, 5.74) is 0.480. The van der Waals surface area contributed by atoms with Crippen molar-refractivity contribution >= 4 is 17.9 Å². The molecule has 1 aromatic rings. The maximum atomic E-state index is 13.2. The van der Waals surface area contributed by atoms with Crippen molar-refractivity contribution in [1.29, 1.82) is 0 Å². The fourth-order valence-corrected chi connectivity index (χ4v) is 5.37. The molecule has 0 aliphatic rings. The van der Waals surface area contributed by atoms with Crippen molar-refractivity contribution in [1.82, 2.24) is 0 Å². The Morgan fingerprint density at radius 3 is 1.85 bits per heavy atom. The highest BCUT2D eigenvalue weighted by molar-refractivity contribution is 6.03. The second-order valence-corrected chi connectivity index (χ2v) is 14.1. The van der Waals surface area contributed by atoms with E-state index in [0.717, 1.165) is 44.9 Å². The minimum absolute atomic E-state index is 0.0673. The van der Waals surface area contributed by atoms with Crippen molar-refractivity contribution < 1.29 is 33.7 Å². The molecule has 0 amide bonds. The highest BCUT2D eigenvalue weighted by atomic mass is 16.6. The normalized spacial score (nSPS) is 15.0. The molecule has 0 fully saturated rings. The summed E-state index contributed by atoms with van der Waals surface area (Å²) in [5, 5.41) is 10.4. The molecule has 0 saturated heterocycles. The SMILES string of the molecule is CCCCCOC(=O)c1ccccc1C(=O)OCC(O)COC(=O)C(CCC(C)CC(C)(C)C)C(C)CC(C)(C)C. The molecule has 7 nitrogen and oxygen atoms in total. The molecule has 0 aliphatic carbocycles. The van der Waals surface area contributed by atoms with Gasteiger partial charge in [0.2, 0.25) is 0 Å². The van der Waals surface area contributed by atoms with Gasteiger partial charge in [-0.25, -0.2) is 9.59 Å². The lowest BCUT2D eigenvalue weighted by Crippen LogP contribution is -2.31. The Kier molecular flexibility index (Phi) is 15.7.